The van der Waals surface area contributed by atoms with Crippen LogP contribution in [0.15, 0.2) is 65.1 Å². The second-order valence-corrected chi connectivity index (χ2v) is 9.07. The van der Waals surface area contributed by atoms with E-state index in [1.54, 1.807) is 10.7 Å². The number of halogens is 2. The lowest BCUT2D eigenvalue weighted by atomic mass is 9.94. The Kier molecular flexibility index (Phi) is 6.86. The third kappa shape index (κ3) is 4.74. The van der Waals surface area contributed by atoms with Crippen LogP contribution in [-0.4, -0.2) is 9.78 Å². The molecule has 0 N–H and O–H groups in total. The molecule has 0 amide bonds. The van der Waals surface area contributed by atoms with Crippen molar-refractivity contribution in [2.45, 2.75) is 45.4 Å². The SMILES string of the molecule is CCCCCCCc1ccccc1-c1ccc(-c2nn(C)c3cc(Br)ccc23)c(F)c1. The van der Waals surface area contributed by atoms with Crippen molar-refractivity contribution in [1.82, 2.24) is 9.78 Å². The van der Waals surface area contributed by atoms with Gasteiger partial charge in [0.05, 0.1) is 5.52 Å². The first kappa shape index (κ1) is 21.8. The predicted octanol–water partition coefficient (Wildman–Crippen LogP) is 8.32. The molecular formula is C27H28BrFN2. The van der Waals surface area contributed by atoms with E-state index in [0.717, 1.165) is 32.9 Å². The van der Waals surface area contributed by atoms with Crippen molar-refractivity contribution in [2.24, 2.45) is 7.05 Å². The van der Waals surface area contributed by atoms with E-state index in [-0.39, 0.29) is 5.82 Å². The van der Waals surface area contributed by atoms with Gasteiger partial charge in [0.25, 0.3) is 0 Å². The standard InChI is InChI=1S/C27H28BrFN2/c1-3-4-5-6-7-10-19-11-8-9-12-22(19)20-13-15-23(25(29)17-20)27-24-16-14-21(28)18-26(24)31(2)30-27/h8-9,11-18H,3-7,10H2,1-2H3. The molecule has 4 aromatic rings. The zero-order valence-corrected chi connectivity index (χ0v) is 19.8. The summed E-state index contributed by atoms with van der Waals surface area (Å²) in [7, 11) is 1.89. The Morgan fingerprint density at radius 1 is 0.903 bits per heavy atom. The summed E-state index contributed by atoms with van der Waals surface area (Å²) in [5, 5.41) is 5.55. The molecule has 0 fully saturated rings. The van der Waals surface area contributed by atoms with Crippen LogP contribution in [0.25, 0.3) is 33.3 Å². The van der Waals surface area contributed by atoms with Crippen molar-refractivity contribution in [3.63, 3.8) is 0 Å². The molecule has 160 valence electrons. The van der Waals surface area contributed by atoms with Gasteiger partial charge in [0, 0.05) is 22.5 Å². The minimum Gasteiger partial charge on any atom is -0.267 e. The number of nitrogens with zero attached hydrogens (tertiary/aromatic N) is 2. The lowest BCUT2D eigenvalue weighted by Crippen LogP contribution is -1.94. The summed E-state index contributed by atoms with van der Waals surface area (Å²) in [5.74, 6) is -0.238. The van der Waals surface area contributed by atoms with Crippen LogP contribution < -0.4 is 0 Å². The maximum atomic E-state index is 15.3. The minimum absolute atomic E-state index is 0.238. The molecule has 0 aliphatic heterocycles. The van der Waals surface area contributed by atoms with Gasteiger partial charge in [0.1, 0.15) is 11.5 Å². The summed E-state index contributed by atoms with van der Waals surface area (Å²) in [6, 6.07) is 19.9. The van der Waals surface area contributed by atoms with Crippen LogP contribution in [0, 0.1) is 5.82 Å². The molecule has 0 bridgehead atoms. The molecule has 31 heavy (non-hydrogen) atoms. The molecule has 0 radical (unpaired) electrons. The molecular weight excluding hydrogens is 451 g/mol. The van der Waals surface area contributed by atoms with Gasteiger partial charge in [-0.15, -0.1) is 0 Å². The zero-order chi connectivity index (χ0) is 21.8. The molecule has 4 heteroatoms. The van der Waals surface area contributed by atoms with Gasteiger partial charge in [-0.2, -0.15) is 5.10 Å². The van der Waals surface area contributed by atoms with E-state index in [1.165, 1.54) is 37.7 Å². The Labute approximate surface area is 192 Å². The van der Waals surface area contributed by atoms with E-state index < -0.39 is 0 Å². The Morgan fingerprint density at radius 2 is 1.71 bits per heavy atom. The van der Waals surface area contributed by atoms with Crippen LogP contribution in [-0.2, 0) is 13.5 Å². The quantitative estimate of drug-likeness (QED) is 0.232. The first-order valence-corrected chi connectivity index (χ1v) is 11.9. The summed E-state index contributed by atoms with van der Waals surface area (Å²) in [6.45, 7) is 2.24. The van der Waals surface area contributed by atoms with Gasteiger partial charge in [0.15, 0.2) is 0 Å². The molecule has 2 nitrogen and oxygen atoms in total. The van der Waals surface area contributed by atoms with E-state index in [4.69, 9.17) is 0 Å². The van der Waals surface area contributed by atoms with E-state index in [9.17, 15) is 0 Å². The van der Waals surface area contributed by atoms with Gasteiger partial charge < -0.3 is 0 Å². The van der Waals surface area contributed by atoms with Gasteiger partial charge in [-0.05, 0) is 59.9 Å². The highest BCUT2D eigenvalue weighted by molar-refractivity contribution is 9.10. The normalized spacial score (nSPS) is 11.4. The maximum Gasteiger partial charge on any atom is 0.133 e. The average molecular weight is 479 g/mol. The van der Waals surface area contributed by atoms with Crippen molar-refractivity contribution in [3.05, 3.63) is 76.5 Å². The van der Waals surface area contributed by atoms with Crippen molar-refractivity contribution in [2.75, 3.05) is 0 Å². The zero-order valence-electron chi connectivity index (χ0n) is 18.2. The molecule has 0 spiro atoms. The fraction of sp³-hybridized carbons (Fsp3) is 0.296. The molecule has 4 rings (SSSR count). The molecule has 0 saturated carbocycles. The second-order valence-electron chi connectivity index (χ2n) is 8.15. The highest BCUT2D eigenvalue weighted by atomic mass is 79.9. The van der Waals surface area contributed by atoms with E-state index in [1.807, 2.05) is 43.4 Å². The molecule has 1 aromatic heterocycles. The highest BCUT2D eigenvalue weighted by Gasteiger charge is 2.16. The molecule has 3 aromatic carbocycles. The average Bonchev–Trinajstić information content (AvgIpc) is 3.09. The topological polar surface area (TPSA) is 17.8 Å². The number of hydrogen-bond acceptors (Lipinski definition) is 1. The molecule has 0 saturated heterocycles. The number of aryl methyl sites for hydroxylation is 2. The Hall–Kier alpha value is -2.46. The monoisotopic (exact) mass is 478 g/mol. The van der Waals surface area contributed by atoms with Crippen LogP contribution in [0.4, 0.5) is 4.39 Å². The number of unbranched alkanes of at least 4 members (excludes halogenated alkanes) is 4. The van der Waals surface area contributed by atoms with E-state index in [2.05, 4.69) is 46.2 Å². The number of aromatic nitrogens is 2. The van der Waals surface area contributed by atoms with Gasteiger partial charge in [-0.3, -0.25) is 4.68 Å². The lowest BCUT2D eigenvalue weighted by Gasteiger charge is -2.11. The van der Waals surface area contributed by atoms with Gasteiger partial charge in [-0.1, -0.05) is 78.9 Å². The van der Waals surface area contributed by atoms with Crippen molar-refractivity contribution in [3.8, 4) is 22.4 Å². The summed E-state index contributed by atoms with van der Waals surface area (Å²) in [5.41, 5.74) is 5.53. The number of rotatable bonds is 8. The van der Waals surface area contributed by atoms with E-state index >= 15 is 4.39 Å². The number of benzene rings is 3. The summed E-state index contributed by atoms with van der Waals surface area (Å²) in [6.07, 6.45) is 7.30. The highest BCUT2D eigenvalue weighted by Crippen LogP contribution is 2.34. The Bertz CT molecular complexity index is 1200. The number of fused-ring (bicyclic) bond motifs is 1. The summed E-state index contributed by atoms with van der Waals surface area (Å²) >= 11 is 3.50. The summed E-state index contributed by atoms with van der Waals surface area (Å²) in [4.78, 5) is 0. The van der Waals surface area contributed by atoms with Gasteiger partial charge in [-0.25, -0.2) is 4.39 Å². The van der Waals surface area contributed by atoms with Gasteiger partial charge in [0.2, 0.25) is 0 Å². The molecule has 0 aliphatic rings. The molecule has 0 aliphatic carbocycles. The van der Waals surface area contributed by atoms with E-state index in [0.29, 0.717) is 11.3 Å². The van der Waals surface area contributed by atoms with Crippen LogP contribution in [0.3, 0.4) is 0 Å². The Balaban J connectivity index is 1.64. The van der Waals surface area contributed by atoms with Crippen molar-refractivity contribution >= 4 is 26.8 Å². The van der Waals surface area contributed by atoms with Crippen LogP contribution in [0.5, 0.6) is 0 Å². The fourth-order valence-corrected chi connectivity index (χ4v) is 4.59. The lowest BCUT2D eigenvalue weighted by molar-refractivity contribution is 0.630. The number of hydrogen-bond donors (Lipinski definition) is 0. The second kappa shape index (κ2) is 9.78. The molecule has 1 heterocycles. The van der Waals surface area contributed by atoms with Crippen LogP contribution in [0.1, 0.15) is 44.6 Å². The van der Waals surface area contributed by atoms with Crippen LogP contribution in [0.2, 0.25) is 0 Å². The first-order chi connectivity index (χ1) is 15.1. The molecule has 0 atom stereocenters. The molecule has 0 unspecified atom stereocenters. The largest absolute Gasteiger partial charge is 0.267 e. The third-order valence-corrected chi connectivity index (χ3v) is 6.41. The smallest absolute Gasteiger partial charge is 0.133 e. The summed E-state index contributed by atoms with van der Waals surface area (Å²) < 4.78 is 18.1. The van der Waals surface area contributed by atoms with Crippen LogP contribution >= 0.6 is 15.9 Å². The first-order valence-electron chi connectivity index (χ1n) is 11.1. The maximum absolute atomic E-state index is 15.3. The minimum atomic E-state index is -0.238. The Morgan fingerprint density at radius 3 is 2.52 bits per heavy atom. The third-order valence-electron chi connectivity index (χ3n) is 5.92. The van der Waals surface area contributed by atoms with Gasteiger partial charge >= 0.3 is 0 Å². The van der Waals surface area contributed by atoms with Crippen molar-refractivity contribution in [1.29, 1.82) is 0 Å². The van der Waals surface area contributed by atoms with Crippen molar-refractivity contribution < 1.29 is 4.39 Å². The fourth-order valence-electron chi connectivity index (χ4n) is 4.24. The predicted molar refractivity (Wildman–Crippen MR) is 132 cm³/mol.